The highest BCUT2D eigenvalue weighted by molar-refractivity contribution is 5.81. The Morgan fingerprint density at radius 2 is 1.60 bits per heavy atom. The van der Waals surface area contributed by atoms with E-state index >= 15 is 0 Å². The first-order valence-corrected chi connectivity index (χ1v) is 5.46. The molecule has 0 aliphatic carbocycles. The predicted molar refractivity (Wildman–Crippen MR) is 56.6 cm³/mol. The van der Waals surface area contributed by atoms with Gasteiger partial charge in [-0.3, -0.25) is 0 Å². The minimum Gasteiger partial charge on any atom is -0.455 e. The molecule has 0 fully saturated rings. The first-order chi connectivity index (χ1) is 8.77. The number of esters is 1. The Morgan fingerprint density at radius 3 is 1.85 bits per heavy atom. The van der Waals surface area contributed by atoms with Gasteiger partial charge < -0.3 is 9.84 Å². The fraction of sp³-hybridized carbons (Fsp3) is 0.727. The number of rotatable bonds is 5. The van der Waals surface area contributed by atoms with Crippen LogP contribution in [-0.2, 0) is 9.53 Å². The lowest BCUT2D eigenvalue weighted by Crippen LogP contribution is -2.65. The summed E-state index contributed by atoms with van der Waals surface area (Å²) >= 11 is 0. The summed E-state index contributed by atoms with van der Waals surface area (Å²) in [5.74, 6) is -2.17. The number of hydrogen-bond acceptors (Lipinski definition) is 3. The van der Waals surface area contributed by atoms with Gasteiger partial charge in [0.2, 0.25) is 0 Å². The second-order valence-electron chi connectivity index (χ2n) is 4.52. The number of aliphatic hydroxyl groups is 1. The number of carbonyl (C=O) groups is 1. The zero-order valence-electron chi connectivity index (χ0n) is 10.7. The van der Waals surface area contributed by atoms with Gasteiger partial charge in [0, 0.05) is 6.08 Å². The van der Waals surface area contributed by atoms with E-state index in [-0.39, 0.29) is 0 Å². The highest BCUT2D eigenvalue weighted by atomic mass is 19.4. The van der Waals surface area contributed by atoms with Crippen molar-refractivity contribution in [2.75, 3.05) is 0 Å². The maximum absolute atomic E-state index is 12.7. The molecule has 1 N–H and O–H groups in total. The minimum absolute atomic E-state index is 0.417. The fourth-order valence-corrected chi connectivity index (χ4v) is 1.45. The van der Waals surface area contributed by atoms with Crippen molar-refractivity contribution in [3.63, 3.8) is 0 Å². The zero-order valence-corrected chi connectivity index (χ0v) is 10.7. The normalized spacial score (nSPS) is 15.1. The second-order valence-corrected chi connectivity index (χ2v) is 4.52. The lowest BCUT2D eigenvalue weighted by molar-refractivity contribution is -0.392. The maximum Gasteiger partial charge on any atom is 0.430 e. The molecule has 0 aromatic carbocycles. The van der Waals surface area contributed by atoms with Gasteiger partial charge in [0.15, 0.2) is 0 Å². The molecule has 0 aliphatic rings. The van der Waals surface area contributed by atoms with E-state index in [4.69, 9.17) is 0 Å². The summed E-state index contributed by atoms with van der Waals surface area (Å²) in [4.78, 5) is 10.9. The van der Waals surface area contributed by atoms with E-state index in [0.29, 0.717) is 6.08 Å². The molecule has 0 amide bonds. The van der Waals surface area contributed by atoms with Crippen LogP contribution >= 0.6 is 0 Å². The summed E-state index contributed by atoms with van der Waals surface area (Å²) in [6.07, 6.45) is -15.3. The Balaban J connectivity index is 5.76. The smallest absolute Gasteiger partial charge is 0.430 e. The van der Waals surface area contributed by atoms with Crippen molar-refractivity contribution in [1.29, 1.82) is 0 Å². The Morgan fingerprint density at radius 1 is 1.20 bits per heavy atom. The van der Waals surface area contributed by atoms with Gasteiger partial charge in [0.1, 0.15) is 6.10 Å². The third-order valence-corrected chi connectivity index (χ3v) is 2.44. The first-order valence-electron chi connectivity index (χ1n) is 5.46. The number of ether oxygens (including phenoxy) is 1. The summed E-state index contributed by atoms with van der Waals surface area (Å²) in [6.45, 7) is 5.52. The molecule has 0 aliphatic heterocycles. The average molecular weight is 308 g/mol. The third kappa shape index (κ3) is 3.87. The molecule has 0 bridgehead atoms. The molecule has 0 saturated heterocycles. The molecule has 1 unspecified atom stereocenters. The van der Waals surface area contributed by atoms with Gasteiger partial charge in [0.05, 0.1) is 0 Å². The molecule has 9 heteroatoms. The second kappa shape index (κ2) is 6.02. The summed E-state index contributed by atoms with van der Waals surface area (Å²) in [7, 11) is 0. The molecule has 0 heterocycles. The van der Waals surface area contributed by atoms with Crippen LogP contribution in [0.3, 0.4) is 0 Å². The van der Waals surface area contributed by atoms with Gasteiger partial charge in [-0.25, -0.2) is 4.79 Å². The lowest BCUT2D eigenvalue weighted by atomic mass is 9.88. The number of hydrogen-bond donors (Lipinski definition) is 1. The molecule has 20 heavy (non-hydrogen) atoms. The summed E-state index contributed by atoms with van der Waals surface area (Å²) < 4.78 is 80.1. The molecular formula is C11H14F6O3. The molecule has 0 aromatic rings. The Hall–Kier alpha value is -1.25. The van der Waals surface area contributed by atoms with Crippen molar-refractivity contribution in [2.45, 2.75) is 44.3 Å². The average Bonchev–Trinajstić information content (AvgIpc) is 2.22. The summed E-state index contributed by atoms with van der Waals surface area (Å²) in [5, 5.41) is 9.18. The van der Waals surface area contributed by atoms with Crippen molar-refractivity contribution in [3.8, 4) is 0 Å². The number of halogens is 6. The van der Waals surface area contributed by atoms with Crippen molar-refractivity contribution in [3.05, 3.63) is 12.7 Å². The lowest BCUT2D eigenvalue weighted by Gasteiger charge is -2.38. The van der Waals surface area contributed by atoms with Gasteiger partial charge in [0.25, 0.3) is 5.60 Å². The summed E-state index contributed by atoms with van der Waals surface area (Å²) in [6, 6.07) is 0. The Kier molecular flexibility index (Phi) is 5.65. The van der Waals surface area contributed by atoms with Crippen LogP contribution in [0.1, 0.15) is 20.3 Å². The van der Waals surface area contributed by atoms with E-state index in [1.54, 1.807) is 0 Å². The van der Waals surface area contributed by atoms with Crippen LogP contribution in [0.4, 0.5) is 26.3 Å². The molecule has 118 valence electrons. The number of alkyl halides is 6. The molecule has 0 spiro atoms. The molecule has 0 radical (unpaired) electrons. The van der Waals surface area contributed by atoms with Crippen LogP contribution in [-0.4, -0.2) is 35.1 Å². The molecular weight excluding hydrogens is 294 g/mol. The van der Waals surface area contributed by atoms with Crippen LogP contribution in [0.2, 0.25) is 0 Å². The van der Waals surface area contributed by atoms with E-state index in [1.807, 2.05) is 0 Å². The van der Waals surface area contributed by atoms with Crippen LogP contribution < -0.4 is 0 Å². The van der Waals surface area contributed by atoms with Crippen LogP contribution in [0.15, 0.2) is 12.7 Å². The highest BCUT2D eigenvalue weighted by Crippen LogP contribution is 2.47. The maximum atomic E-state index is 12.7. The monoisotopic (exact) mass is 308 g/mol. The number of carbonyl (C=O) groups excluding carboxylic acids is 1. The van der Waals surface area contributed by atoms with Gasteiger partial charge in [-0.15, -0.1) is 0 Å². The predicted octanol–water partition coefficient (Wildman–Crippen LogP) is 2.99. The summed E-state index contributed by atoms with van der Waals surface area (Å²) in [5.41, 5.74) is -5.14. The Bertz CT molecular complexity index is 344. The SMILES string of the molecule is C=CC(=O)OC(CC(C)C)C(O)(C(F)(F)F)C(F)(F)F. The zero-order chi connectivity index (χ0) is 16.4. The van der Waals surface area contributed by atoms with Gasteiger partial charge in [-0.1, -0.05) is 20.4 Å². The van der Waals surface area contributed by atoms with Crippen LogP contribution in [0.25, 0.3) is 0 Å². The van der Waals surface area contributed by atoms with E-state index in [0.717, 1.165) is 0 Å². The van der Waals surface area contributed by atoms with Crippen molar-refractivity contribution >= 4 is 5.97 Å². The largest absolute Gasteiger partial charge is 0.455 e. The molecule has 1 atom stereocenters. The third-order valence-electron chi connectivity index (χ3n) is 2.44. The van der Waals surface area contributed by atoms with E-state index < -0.39 is 42.4 Å². The standard InChI is InChI=1S/C11H14F6O3/c1-4-8(18)20-7(5-6(2)3)9(19,10(12,13)14)11(15,16)17/h4,6-7,19H,1,5H2,2-3H3. The van der Waals surface area contributed by atoms with E-state index in [2.05, 4.69) is 11.3 Å². The van der Waals surface area contributed by atoms with Crippen molar-refractivity contribution in [2.24, 2.45) is 5.92 Å². The highest BCUT2D eigenvalue weighted by Gasteiger charge is 2.75. The quantitative estimate of drug-likeness (QED) is 0.482. The van der Waals surface area contributed by atoms with Gasteiger partial charge >= 0.3 is 18.3 Å². The first kappa shape index (κ1) is 18.8. The molecule has 0 aromatic heterocycles. The fourth-order valence-electron chi connectivity index (χ4n) is 1.45. The molecule has 3 nitrogen and oxygen atoms in total. The van der Waals surface area contributed by atoms with Gasteiger partial charge in [-0.05, 0) is 12.3 Å². The minimum atomic E-state index is -6.05. The van der Waals surface area contributed by atoms with Crippen molar-refractivity contribution in [1.82, 2.24) is 0 Å². The molecule has 0 rings (SSSR count). The topological polar surface area (TPSA) is 46.5 Å². The van der Waals surface area contributed by atoms with Gasteiger partial charge in [-0.2, -0.15) is 26.3 Å². The van der Waals surface area contributed by atoms with E-state index in [1.165, 1.54) is 13.8 Å². The van der Waals surface area contributed by atoms with Crippen LogP contribution in [0, 0.1) is 5.92 Å². The van der Waals surface area contributed by atoms with Crippen molar-refractivity contribution < 1.29 is 41.0 Å². The van der Waals surface area contributed by atoms with E-state index in [9.17, 15) is 36.2 Å². The Labute approximate surface area is 111 Å². The molecule has 0 saturated carbocycles. The van der Waals surface area contributed by atoms with Crippen LogP contribution in [0.5, 0.6) is 0 Å².